The van der Waals surface area contributed by atoms with Crippen LogP contribution in [0.1, 0.15) is 66.2 Å². The molecule has 1 fully saturated rings. The lowest BCUT2D eigenvalue weighted by Gasteiger charge is -2.19. The molecule has 1 saturated carbocycles. The summed E-state index contributed by atoms with van der Waals surface area (Å²) in [6.45, 7) is 9.51. The molecule has 0 spiro atoms. The first-order valence-electron chi connectivity index (χ1n) is 6.72. The highest BCUT2D eigenvalue weighted by molar-refractivity contribution is 4.89. The summed E-state index contributed by atoms with van der Waals surface area (Å²) in [7, 11) is 0. The molecule has 4 atom stereocenters. The first-order chi connectivity index (χ1) is 6.72. The van der Waals surface area contributed by atoms with Crippen molar-refractivity contribution in [3.05, 3.63) is 0 Å². The Hall–Kier alpha value is 0. The highest BCUT2D eigenvalue weighted by Gasteiger charge is 2.39. The monoisotopic (exact) mass is 196 g/mol. The number of hydrogen-bond acceptors (Lipinski definition) is 0. The molecule has 0 amide bonds. The minimum Gasteiger partial charge on any atom is -0.0654 e. The molecule has 1 rings (SSSR count). The van der Waals surface area contributed by atoms with Gasteiger partial charge in [0.1, 0.15) is 0 Å². The van der Waals surface area contributed by atoms with E-state index in [-0.39, 0.29) is 0 Å². The van der Waals surface area contributed by atoms with Crippen molar-refractivity contribution in [2.75, 3.05) is 0 Å². The maximum atomic E-state index is 2.48. The minimum atomic E-state index is 0.997. The van der Waals surface area contributed by atoms with Gasteiger partial charge >= 0.3 is 0 Å². The molecule has 14 heavy (non-hydrogen) atoms. The van der Waals surface area contributed by atoms with E-state index >= 15 is 0 Å². The van der Waals surface area contributed by atoms with Gasteiger partial charge < -0.3 is 0 Å². The Balaban J connectivity index is 2.21. The van der Waals surface area contributed by atoms with Gasteiger partial charge in [-0.15, -0.1) is 0 Å². The van der Waals surface area contributed by atoms with Crippen LogP contribution in [0, 0.1) is 23.7 Å². The van der Waals surface area contributed by atoms with E-state index in [9.17, 15) is 0 Å². The Morgan fingerprint density at radius 1 is 1.21 bits per heavy atom. The van der Waals surface area contributed by atoms with Crippen molar-refractivity contribution in [3.63, 3.8) is 0 Å². The van der Waals surface area contributed by atoms with Crippen molar-refractivity contribution < 1.29 is 0 Å². The third-order valence-electron chi connectivity index (χ3n) is 4.21. The summed E-state index contributed by atoms with van der Waals surface area (Å²) in [5, 5.41) is 0. The molecule has 0 bridgehead atoms. The topological polar surface area (TPSA) is 0 Å². The van der Waals surface area contributed by atoms with Crippen LogP contribution in [0.25, 0.3) is 0 Å². The Kier molecular flexibility index (Phi) is 4.98. The van der Waals surface area contributed by atoms with Crippen molar-refractivity contribution in [3.8, 4) is 0 Å². The third kappa shape index (κ3) is 3.29. The second-order valence-corrected chi connectivity index (χ2v) is 5.34. The predicted molar refractivity (Wildman–Crippen MR) is 64.4 cm³/mol. The zero-order chi connectivity index (χ0) is 10.6. The standard InChI is InChI=1S/C14H28/c1-5-8-12(6-2)9-11(4)14-10-13(14)7-3/h11-14H,5-10H2,1-4H3. The molecule has 0 nitrogen and oxygen atoms in total. The molecule has 84 valence electrons. The minimum absolute atomic E-state index is 0.997. The molecule has 0 aromatic carbocycles. The van der Waals surface area contributed by atoms with Gasteiger partial charge in [0.2, 0.25) is 0 Å². The van der Waals surface area contributed by atoms with Crippen LogP contribution in [0.2, 0.25) is 0 Å². The SMILES string of the molecule is CCCC(CC)CC(C)C1CC1CC. The van der Waals surface area contributed by atoms with E-state index in [2.05, 4.69) is 27.7 Å². The highest BCUT2D eigenvalue weighted by atomic mass is 14.4. The third-order valence-corrected chi connectivity index (χ3v) is 4.21. The van der Waals surface area contributed by atoms with Crippen molar-refractivity contribution in [1.29, 1.82) is 0 Å². The fourth-order valence-electron chi connectivity index (χ4n) is 3.03. The van der Waals surface area contributed by atoms with Crippen LogP contribution in [0.3, 0.4) is 0 Å². The van der Waals surface area contributed by atoms with E-state index in [0.29, 0.717) is 0 Å². The maximum Gasteiger partial charge on any atom is -0.0357 e. The smallest absolute Gasteiger partial charge is 0.0357 e. The zero-order valence-corrected chi connectivity index (χ0v) is 10.6. The van der Waals surface area contributed by atoms with Gasteiger partial charge in [-0.1, -0.05) is 53.4 Å². The summed E-state index contributed by atoms with van der Waals surface area (Å²) in [5.41, 5.74) is 0. The fraction of sp³-hybridized carbons (Fsp3) is 1.00. The lowest BCUT2D eigenvalue weighted by Crippen LogP contribution is -2.08. The van der Waals surface area contributed by atoms with E-state index < -0.39 is 0 Å². The van der Waals surface area contributed by atoms with Crippen LogP contribution in [0.4, 0.5) is 0 Å². The summed E-state index contributed by atoms with van der Waals surface area (Å²) >= 11 is 0. The molecule has 0 aliphatic heterocycles. The Morgan fingerprint density at radius 3 is 2.36 bits per heavy atom. The lowest BCUT2D eigenvalue weighted by molar-refractivity contribution is 0.323. The summed E-state index contributed by atoms with van der Waals surface area (Å²) in [5.74, 6) is 4.18. The molecular weight excluding hydrogens is 168 g/mol. The first kappa shape index (κ1) is 12.1. The van der Waals surface area contributed by atoms with Crippen LogP contribution in [0.15, 0.2) is 0 Å². The zero-order valence-electron chi connectivity index (χ0n) is 10.6. The number of hydrogen-bond donors (Lipinski definition) is 0. The number of rotatable bonds is 7. The van der Waals surface area contributed by atoms with Crippen LogP contribution in [-0.4, -0.2) is 0 Å². The predicted octanol–water partition coefficient (Wildman–Crippen LogP) is 4.89. The Morgan fingerprint density at radius 2 is 1.93 bits per heavy atom. The molecular formula is C14H28. The van der Waals surface area contributed by atoms with Crippen LogP contribution < -0.4 is 0 Å². The maximum absolute atomic E-state index is 2.48. The molecule has 4 unspecified atom stereocenters. The Bertz CT molecular complexity index is 150. The fourth-order valence-corrected chi connectivity index (χ4v) is 3.03. The molecule has 1 aliphatic carbocycles. The van der Waals surface area contributed by atoms with E-state index in [1.54, 1.807) is 0 Å². The molecule has 1 aliphatic rings. The second-order valence-electron chi connectivity index (χ2n) is 5.34. The molecule has 0 heterocycles. The van der Waals surface area contributed by atoms with Gasteiger partial charge in [0.05, 0.1) is 0 Å². The lowest BCUT2D eigenvalue weighted by atomic mass is 9.87. The molecule has 0 N–H and O–H groups in total. The quantitative estimate of drug-likeness (QED) is 0.544. The van der Waals surface area contributed by atoms with Gasteiger partial charge in [0, 0.05) is 0 Å². The van der Waals surface area contributed by atoms with Crippen LogP contribution in [-0.2, 0) is 0 Å². The van der Waals surface area contributed by atoms with Crippen LogP contribution in [0.5, 0.6) is 0 Å². The summed E-state index contributed by atoms with van der Waals surface area (Å²) in [6, 6.07) is 0. The summed E-state index contributed by atoms with van der Waals surface area (Å²) < 4.78 is 0. The van der Waals surface area contributed by atoms with E-state index in [1.165, 1.54) is 38.5 Å². The normalized spacial score (nSPS) is 30.0. The van der Waals surface area contributed by atoms with Crippen molar-refractivity contribution in [2.24, 2.45) is 23.7 Å². The molecule has 0 aromatic heterocycles. The molecule has 0 saturated heterocycles. The van der Waals surface area contributed by atoms with Gasteiger partial charge in [0.25, 0.3) is 0 Å². The van der Waals surface area contributed by atoms with Gasteiger partial charge in [-0.25, -0.2) is 0 Å². The van der Waals surface area contributed by atoms with E-state index in [0.717, 1.165) is 23.7 Å². The molecule has 0 heteroatoms. The van der Waals surface area contributed by atoms with Gasteiger partial charge in [-0.05, 0) is 36.5 Å². The average Bonchev–Trinajstić information content (AvgIpc) is 2.96. The first-order valence-corrected chi connectivity index (χ1v) is 6.72. The largest absolute Gasteiger partial charge is 0.0654 e. The van der Waals surface area contributed by atoms with Crippen LogP contribution >= 0.6 is 0 Å². The van der Waals surface area contributed by atoms with E-state index in [1.807, 2.05) is 0 Å². The highest BCUT2D eigenvalue weighted by Crippen LogP contribution is 2.48. The van der Waals surface area contributed by atoms with Crippen molar-refractivity contribution in [2.45, 2.75) is 66.2 Å². The van der Waals surface area contributed by atoms with Gasteiger partial charge in [-0.2, -0.15) is 0 Å². The summed E-state index contributed by atoms with van der Waals surface area (Å²) in [6.07, 6.45) is 8.64. The second kappa shape index (κ2) is 5.78. The Labute approximate surface area is 90.5 Å². The molecule has 0 radical (unpaired) electrons. The molecule has 0 aromatic rings. The van der Waals surface area contributed by atoms with Gasteiger partial charge in [-0.3, -0.25) is 0 Å². The van der Waals surface area contributed by atoms with Crippen molar-refractivity contribution in [1.82, 2.24) is 0 Å². The summed E-state index contributed by atoms with van der Waals surface area (Å²) in [4.78, 5) is 0. The average molecular weight is 196 g/mol. The van der Waals surface area contributed by atoms with E-state index in [4.69, 9.17) is 0 Å². The van der Waals surface area contributed by atoms with Crippen molar-refractivity contribution >= 4 is 0 Å². The van der Waals surface area contributed by atoms with Gasteiger partial charge in [0.15, 0.2) is 0 Å².